The Labute approximate surface area is 54.8 Å². The van der Waals surface area contributed by atoms with Crippen LogP contribution in [0.2, 0.25) is 0 Å². The lowest BCUT2D eigenvalue weighted by Gasteiger charge is -1.97. The molecule has 0 bridgehead atoms. The lowest BCUT2D eigenvalue weighted by molar-refractivity contribution is 0.920. The summed E-state index contributed by atoms with van der Waals surface area (Å²) in [5.41, 5.74) is 0. The van der Waals surface area contributed by atoms with Gasteiger partial charge < -0.3 is 5.32 Å². The number of hydrogen-bond donors (Lipinski definition) is 2. The fourth-order valence-corrected chi connectivity index (χ4v) is 1.16. The zero-order valence-electron chi connectivity index (χ0n) is 4.89. The quantitative estimate of drug-likeness (QED) is 0.453. The topological polar surface area (TPSA) is 24.4 Å². The summed E-state index contributed by atoms with van der Waals surface area (Å²) in [5, 5.41) is 3.49. The predicted molar refractivity (Wildman–Crippen MR) is 38.8 cm³/mol. The maximum atomic E-state index is 4.27. The molecule has 1 unspecified atom stereocenters. The summed E-state index contributed by atoms with van der Waals surface area (Å²) in [5.74, 6) is 1.04. The van der Waals surface area contributed by atoms with Gasteiger partial charge in [-0.1, -0.05) is 0 Å². The van der Waals surface area contributed by atoms with Crippen molar-refractivity contribution in [2.24, 2.45) is 4.99 Å². The van der Waals surface area contributed by atoms with Crippen LogP contribution in [0.5, 0.6) is 0 Å². The highest BCUT2D eigenvalue weighted by Crippen LogP contribution is 2.06. The van der Waals surface area contributed by atoms with E-state index in [1.807, 2.05) is 0 Å². The van der Waals surface area contributed by atoms with Gasteiger partial charge in [-0.05, 0) is 6.42 Å². The maximum Gasteiger partial charge on any atom is 0.109 e. The van der Waals surface area contributed by atoms with Crippen LogP contribution in [0.15, 0.2) is 4.99 Å². The third kappa shape index (κ3) is 0.968. The molecule has 2 nitrogen and oxygen atoms in total. The zero-order chi connectivity index (χ0) is 5.98. The molecule has 0 aliphatic carbocycles. The largest absolute Gasteiger partial charge is 0.373 e. The third-order valence-corrected chi connectivity index (χ3v) is 1.78. The fourth-order valence-electron chi connectivity index (χ4n) is 0.820. The molecule has 0 aromatic heterocycles. The first-order valence-corrected chi connectivity index (χ1v) is 3.25. The van der Waals surface area contributed by atoms with Crippen molar-refractivity contribution in [3.05, 3.63) is 0 Å². The van der Waals surface area contributed by atoms with Crippen LogP contribution >= 0.6 is 12.6 Å². The molecule has 0 aromatic rings. The highest BCUT2D eigenvalue weighted by atomic mass is 32.1. The monoisotopic (exact) mass is 130 g/mol. The average Bonchev–Trinajstić information content (AvgIpc) is 2.14. The van der Waals surface area contributed by atoms with E-state index in [0.717, 1.165) is 18.8 Å². The molecule has 0 amide bonds. The standard InChI is InChI=1S/C5H10N2S/c1-6-5-4(8)2-3-7-5/h4,8H,2-3H2,1H3,(H,6,7). The third-order valence-electron chi connectivity index (χ3n) is 1.28. The van der Waals surface area contributed by atoms with Gasteiger partial charge in [0.25, 0.3) is 0 Å². The molecule has 1 aliphatic rings. The van der Waals surface area contributed by atoms with Gasteiger partial charge in [0.1, 0.15) is 5.84 Å². The van der Waals surface area contributed by atoms with Crippen LogP contribution in [0.25, 0.3) is 0 Å². The summed E-state index contributed by atoms with van der Waals surface area (Å²) in [6, 6.07) is 0. The van der Waals surface area contributed by atoms with Crippen molar-refractivity contribution < 1.29 is 0 Å². The van der Waals surface area contributed by atoms with E-state index in [0.29, 0.717) is 5.25 Å². The number of rotatable bonds is 0. The fraction of sp³-hybridized carbons (Fsp3) is 0.800. The second-order valence-electron chi connectivity index (χ2n) is 1.84. The van der Waals surface area contributed by atoms with Gasteiger partial charge in [0.15, 0.2) is 0 Å². The summed E-state index contributed by atoms with van der Waals surface area (Å²) >= 11 is 4.27. The summed E-state index contributed by atoms with van der Waals surface area (Å²) in [4.78, 5) is 4.00. The molecule has 1 aliphatic heterocycles. The van der Waals surface area contributed by atoms with Gasteiger partial charge in [0, 0.05) is 13.6 Å². The van der Waals surface area contributed by atoms with Gasteiger partial charge in [0.05, 0.1) is 5.25 Å². The molecule has 0 saturated carbocycles. The molecule has 0 spiro atoms. The van der Waals surface area contributed by atoms with Gasteiger partial charge >= 0.3 is 0 Å². The number of amidine groups is 1. The van der Waals surface area contributed by atoms with Crippen LogP contribution in [-0.4, -0.2) is 24.7 Å². The van der Waals surface area contributed by atoms with Crippen molar-refractivity contribution in [3.63, 3.8) is 0 Å². The van der Waals surface area contributed by atoms with E-state index in [-0.39, 0.29) is 0 Å². The first-order chi connectivity index (χ1) is 3.84. The minimum Gasteiger partial charge on any atom is -0.373 e. The molecule has 1 N–H and O–H groups in total. The Morgan fingerprint density at radius 2 is 2.62 bits per heavy atom. The average molecular weight is 130 g/mol. The van der Waals surface area contributed by atoms with E-state index < -0.39 is 0 Å². The lowest BCUT2D eigenvalue weighted by Crippen LogP contribution is -2.19. The SMILES string of the molecule is CN=C1NCCC1S. The molecule has 46 valence electrons. The Balaban J connectivity index is 2.55. The first-order valence-electron chi connectivity index (χ1n) is 2.73. The summed E-state index contributed by atoms with van der Waals surface area (Å²) in [7, 11) is 1.79. The maximum absolute atomic E-state index is 4.27. The van der Waals surface area contributed by atoms with Gasteiger partial charge in [-0.25, -0.2) is 0 Å². The molecular weight excluding hydrogens is 120 g/mol. The van der Waals surface area contributed by atoms with E-state index in [9.17, 15) is 0 Å². The normalized spacial score (nSPS) is 33.2. The highest BCUT2D eigenvalue weighted by molar-refractivity contribution is 7.81. The second kappa shape index (κ2) is 2.40. The highest BCUT2D eigenvalue weighted by Gasteiger charge is 2.15. The van der Waals surface area contributed by atoms with Crippen LogP contribution in [0.1, 0.15) is 6.42 Å². The number of hydrogen-bond acceptors (Lipinski definition) is 2. The van der Waals surface area contributed by atoms with Crippen molar-refractivity contribution in [2.45, 2.75) is 11.7 Å². The van der Waals surface area contributed by atoms with E-state index in [1.165, 1.54) is 0 Å². The van der Waals surface area contributed by atoms with Crippen molar-refractivity contribution in [1.82, 2.24) is 5.32 Å². The van der Waals surface area contributed by atoms with Gasteiger partial charge in [-0.3, -0.25) is 4.99 Å². The Hall–Kier alpha value is -0.180. The molecule has 1 atom stereocenters. The number of nitrogens with one attached hydrogen (secondary N) is 1. The zero-order valence-corrected chi connectivity index (χ0v) is 5.78. The van der Waals surface area contributed by atoms with Crippen molar-refractivity contribution >= 4 is 18.5 Å². The minimum atomic E-state index is 0.361. The molecule has 1 rings (SSSR count). The van der Waals surface area contributed by atoms with Crippen molar-refractivity contribution in [1.29, 1.82) is 0 Å². The Morgan fingerprint density at radius 3 is 2.88 bits per heavy atom. The number of aliphatic imine (C=N–C) groups is 1. The van der Waals surface area contributed by atoms with E-state index in [1.54, 1.807) is 7.05 Å². The minimum absolute atomic E-state index is 0.361. The summed E-state index contributed by atoms with van der Waals surface area (Å²) in [6.07, 6.45) is 1.11. The van der Waals surface area contributed by atoms with Crippen LogP contribution in [-0.2, 0) is 0 Å². The van der Waals surface area contributed by atoms with Gasteiger partial charge in [0.2, 0.25) is 0 Å². The van der Waals surface area contributed by atoms with Gasteiger partial charge in [-0.15, -0.1) is 0 Å². The number of nitrogens with zero attached hydrogens (tertiary/aromatic N) is 1. The second-order valence-corrected chi connectivity index (χ2v) is 2.46. The lowest BCUT2D eigenvalue weighted by atomic mass is 10.3. The van der Waals surface area contributed by atoms with Crippen molar-refractivity contribution in [2.75, 3.05) is 13.6 Å². The molecule has 1 saturated heterocycles. The smallest absolute Gasteiger partial charge is 0.109 e. The van der Waals surface area contributed by atoms with E-state index in [2.05, 4.69) is 22.9 Å². The van der Waals surface area contributed by atoms with Crippen molar-refractivity contribution in [3.8, 4) is 0 Å². The van der Waals surface area contributed by atoms with Crippen LogP contribution < -0.4 is 5.32 Å². The molecule has 0 aromatic carbocycles. The predicted octanol–water partition coefficient (Wildman–Crippen LogP) is 0.306. The first kappa shape index (κ1) is 5.95. The Kier molecular flexibility index (Phi) is 1.78. The Bertz CT molecular complexity index is 111. The molecule has 1 fully saturated rings. The number of thiol groups is 1. The molecule has 1 heterocycles. The van der Waals surface area contributed by atoms with Gasteiger partial charge in [-0.2, -0.15) is 12.6 Å². The molecule has 3 heteroatoms. The van der Waals surface area contributed by atoms with Crippen LogP contribution in [0, 0.1) is 0 Å². The molecular formula is C5H10N2S. The van der Waals surface area contributed by atoms with Crippen LogP contribution in [0.4, 0.5) is 0 Å². The van der Waals surface area contributed by atoms with E-state index >= 15 is 0 Å². The molecule has 0 radical (unpaired) electrons. The molecule has 8 heavy (non-hydrogen) atoms. The van der Waals surface area contributed by atoms with Crippen LogP contribution in [0.3, 0.4) is 0 Å². The Morgan fingerprint density at radius 1 is 1.88 bits per heavy atom. The van der Waals surface area contributed by atoms with E-state index in [4.69, 9.17) is 0 Å². The summed E-state index contributed by atoms with van der Waals surface area (Å²) in [6.45, 7) is 1.03. The summed E-state index contributed by atoms with van der Waals surface area (Å²) < 4.78 is 0.